The highest BCUT2D eigenvalue weighted by Crippen LogP contribution is 2.32. The van der Waals surface area contributed by atoms with E-state index >= 15 is 0 Å². The molecule has 5 nitrogen and oxygen atoms in total. The molecule has 2 aromatic heterocycles. The largest absolute Gasteiger partial charge is 0.455 e. The van der Waals surface area contributed by atoms with Crippen LogP contribution in [0.3, 0.4) is 0 Å². The second-order valence-corrected chi connectivity index (χ2v) is 6.10. The van der Waals surface area contributed by atoms with Gasteiger partial charge in [-0.1, -0.05) is 18.2 Å². The molecule has 28 heavy (non-hydrogen) atoms. The molecule has 144 valence electrons. The molecule has 0 amide bonds. The number of pyridine rings is 1. The fourth-order valence-electron chi connectivity index (χ4n) is 2.31. The number of nitrogens with one attached hydrogen (secondary N) is 2. The molecule has 0 radical (unpaired) electrons. The fraction of sp³-hybridized carbons (Fsp3) is 0.105. The molecule has 0 fully saturated rings. The number of rotatable bonds is 5. The van der Waals surface area contributed by atoms with Crippen LogP contribution in [0.5, 0.6) is 0 Å². The highest BCUT2D eigenvalue weighted by atomic mass is 32.1. The summed E-state index contributed by atoms with van der Waals surface area (Å²) in [6.07, 6.45) is 0.378. The third-order valence-corrected chi connectivity index (χ3v) is 3.87. The minimum absolute atomic E-state index is 0.310. The van der Waals surface area contributed by atoms with Crippen molar-refractivity contribution in [2.24, 2.45) is 5.10 Å². The van der Waals surface area contributed by atoms with Gasteiger partial charge in [0.2, 0.25) is 0 Å². The molecular weight excluding hydrogens is 389 g/mol. The van der Waals surface area contributed by atoms with Gasteiger partial charge in [-0.25, -0.2) is 0 Å². The zero-order chi connectivity index (χ0) is 20.0. The van der Waals surface area contributed by atoms with Crippen molar-refractivity contribution in [3.05, 3.63) is 77.8 Å². The Labute approximate surface area is 164 Å². The molecule has 3 aromatic rings. The molecule has 1 aromatic carbocycles. The third-order valence-electron chi connectivity index (χ3n) is 3.63. The molecule has 0 aliphatic heterocycles. The van der Waals surface area contributed by atoms with Crippen LogP contribution in [0, 0.1) is 0 Å². The predicted molar refractivity (Wildman–Crippen MR) is 104 cm³/mol. The van der Waals surface area contributed by atoms with Crippen molar-refractivity contribution in [1.29, 1.82) is 0 Å². The molecule has 9 heteroatoms. The molecule has 2 heterocycles. The van der Waals surface area contributed by atoms with Crippen molar-refractivity contribution < 1.29 is 17.6 Å². The topological polar surface area (TPSA) is 62.5 Å². The van der Waals surface area contributed by atoms with Crippen molar-refractivity contribution >= 4 is 23.5 Å². The van der Waals surface area contributed by atoms with Crippen LogP contribution in [-0.4, -0.2) is 16.3 Å². The molecule has 0 spiro atoms. The Hall–Kier alpha value is -3.20. The maximum absolute atomic E-state index is 12.8. The summed E-state index contributed by atoms with van der Waals surface area (Å²) in [6.45, 7) is 0.496. The Bertz CT molecular complexity index is 971. The summed E-state index contributed by atoms with van der Waals surface area (Å²) in [5.74, 6) is 0.680. The van der Waals surface area contributed by atoms with Crippen LogP contribution in [0.4, 0.5) is 13.2 Å². The molecule has 2 N–H and O–H groups in total. The number of benzene rings is 1. The summed E-state index contributed by atoms with van der Waals surface area (Å²) in [4.78, 5) is 4.00. The minimum Gasteiger partial charge on any atom is -0.455 e. The van der Waals surface area contributed by atoms with Crippen molar-refractivity contribution in [2.75, 3.05) is 0 Å². The number of thiocarbonyl (C=S) groups is 1. The number of alkyl halides is 3. The van der Waals surface area contributed by atoms with Crippen LogP contribution < -0.4 is 10.7 Å². The van der Waals surface area contributed by atoms with E-state index in [1.54, 1.807) is 30.6 Å². The molecule has 0 aliphatic rings. The van der Waals surface area contributed by atoms with E-state index < -0.39 is 11.7 Å². The molecule has 0 saturated heterocycles. The molecule has 3 rings (SSSR count). The van der Waals surface area contributed by atoms with Gasteiger partial charge in [0.05, 0.1) is 11.8 Å². The van der Waals surface area contributed by atoms with Gasteiger partial charge in [-0.05, 0) is 48.1 Å². The number of hydrogen-bond acceptors (Lipinski definition) is 4. The maximum atomic E-state index is 12.8. The first-order chi connectivity index (χ1) is 13.4. The Morgan fingerprint density at radius 1 is 1.18 bits per heavy atom. The second-order valence-electron chi connectivity index (χ2n) is 5.69. The summed E-state index contributed by atoms with van der Waals surface area (Å²) in [5.41, 5.74) is 3.20. The van der Waals surface area contributed by atoms with Gasteiger partial charge in [0.1, 0.15) is 11.5 Å². The normalized spacial score (nSPS) is 11.5. The number of hydrogen-bond donors (Lipinski definition) is 2. The average molecular weight is 404 g/mol. The van der Waals surface area contributed by atoms with Gasteiger partial charge in [-0.2, -0.15) is 18.3 Å². The first kappa shape index (κ1) is 19.6. The summed E-state index contributed by atoms with van der Waals surface area (Å²) < 4.78 is 44.0. The number of halogens is 3. The van der Waals surface area contributed by atoms with Crippen LogP contribution in [-0.2, 0) is 12.7 Å². The van der Waals surface area contributed by atoms with Gasteiger partial charge >= 0.3 is 6.18 Å². The first-order valence-corrected chi connectivity index (χ1v) is 8.56. The highest BCUT2D eigenvalue weighted by molar-refractivity contribution is 7.80. The molecule has 0 atom stereocenters. The van der Waals surface area contributed by atoms with E-state index in [4.69, 9.17) is 16.6 Å². The van der Waals surface area contributed by atoms with E-state index in [1.807, 2.05) is 12.1 Å². The Balaban J connectivity index is 1.56. The molecular formula is C19H15F3N4OS. The van der Waals surface area contributed by atoms with E-state index in [-0.39, 0.29) is 0 Å². The summed E-state index contributed by atoms with van der Waals surface area (Å²) in [5, 5.41) is 7.23. The monoisotopic (exact) mass is 404 g/mol. The molecule has 0 bridgehead atoms. The van der Waals surface area contributed by atoms with E-state index in [0.29, 0.717) is 28.7 Å². The van der Waals surface area contributed by atoms with Crippen LogP contribution in [0.1, 0.15) is 16.9 Å². The smallest absolute Gasteiger partial charge is 0.416 e. The van der Waals surface area contributed by atoms with E-state index in [1.165, 1.54) is 12.3 Å². The van der Waals surface area contributed by atoms with Gasteiger partial charge in [-0.15, -0.1) is 0 Å². The highest BCUT2D eigenvalue weighted by Gasteiger charge is 2.30. The van der Waals surface area contributed by atoms with Crippen LogP contribution >= 0.6 is 12.2 Å². The minimum atomic E-state index is -4.41. The first-order valence-electron chi connectivity index (χ1n) is 8.15. The van der Waals surface area contributed by atoms with E-state index in [2.05, 4.69) is 20.8 Å². The standard InChI is InChI=1S/C19H15F3N4OS/c20-19(21,22)15-5-1-4-14(9-15)17-7-6-16(27-17)12-25-26-18(28)24-11-13-3-2-8-23-10-13/h1-10,12H,11H2,(H2,24,26,28)/b25-12+. The Kier molecular flexibility index (Phi) is 6.05. The average Bonchev–Trinajstić information content (AvgIpc) is 3.16. The summed E-state index contributed by atoms with van der Waals surface area (Å²) >= 11 is 5.11. The molecule has 0 saturated carbocycles. The Morgan fingerprint density at radius 3 is 2.79 bits per heavy atom. The third kappa shape index (κ3) is 5.40. The summed E-state index contributed by atoms with van der Waals surface area (Å²) in [6, 6.07) is 11.8. The van der Waals surface area contributed by atoms with Gasteiger partial charge in [0, 0.05) is 24.5 Å². The quantitative estimate of drug-likeness (QED) is 0.376. The van der Waals surface area contributed by atoms with E-state index in [9.17, 15) is 13.2 Å². The number of furan rings is 1. The zero-order valence-electron chi connectivity index (χ0n) is 14.4. The fourth-order valence-corrected chi connectivity index (χ4v) is 2.43. The zero-order valence-corrected chi connectivity index (χ0v) is 15.2. The molecule has 0 unspecified atom stereocenters. The van der Waals surface area contributed by atoms with Crippen molar-refractivity contribution in [3.8, 4) is 11.3 Å². The van der Waals surface area contributed by atoms with Crippen molar-refractivity contribution in [3.63, 3.8) is 0 Å². The van der Waals surface area contributed by atoms with Crippen LogP contribution in [0.15, 0.2) is 70.4 Å². The Morgan fingerprint density at radius 2 is 2.04 bits per heavy atom. The van der Waals surface area contributed by atoms with Crippen molar-refractivity contribution in [2.45, 2.75) is 12.7 Å². The van der Waals surface area contributed by atoms with Crippen molar-refractivity contribution in [1.82, 2.24) is 15.7 Å². The lowest BCUT2D eigenvalue weighted by Gasteiger charge is -2.07. The lowest BCUT2D eigenvalue weighted by Crippen LogP contribution is -2.31. The second kappa shape index (κ2) is 8.66. The van der Waals surface area contributed by atoms with Gasteiger partial charge in [0.15, 0.2) is 5.11 Å². The number of hydrazone groups is 1. The maximum Gasteiger partial charge on any atom is 0.416 e. The SMILES string of the molecule is FC(F)(F)c1cccc(-c2ccc(/C=N/NC(=S)NCc3cccnc3)o2)c1. The lowest BCUT2D eigenvalue weighted by molar-refractivity contribution is -0.137. The van der Waals surface area contributed by atoms with Gasteiger partial charge < -0.3 is 9.73 Å². The molecule has 0 aliphatic carbocycles. The number of aromatic nitrogens is 1. The number of nitrogens with zero attached hydrogens (tertiary/aromatic N) is 2. The van der Waals surface area contributed by atoms with Gasteiger partial charge in [0.25, 0.3) is 0 Å². The predicted octanol–water partition coefficient (Wildman–Crippen LogP) is 4.36. The van der Waals surface area contributed by atoms with Crippen LogP contribution in [0.2, 0.25) is 0 Å². The van der Waals surface area contributed by atoms with E-state index in [0.717, 1.165) is 17.7 Å². The summed E-state index contributed by atoms with van der Waals surface area (Å²) in [7, 11) is 0. The lowest BCUT2D eigenvalue weighted by atomic mass is 10.1. The van der Waals surface area contributed by atoms with Crippen LogP contribution in [0.25, 0.3) is 11.3 Å². The van der Waals surface area contributed by atoms with Gasteiger partial charge in [-0.3, -0.25) is 10.4 Å².